The van der Waals surface area contributed by atoms with E-state index in [1.54, 1.807) is 6.07 Å². The van der Waals surface area contributed by atoms with E-state index in [4.69, 9.17) is 30.1 Å². The summed E-state index contributed by atoms with van der Waals surface area (Å²) in [5, 5.41) is 49.8. The van der Waals surface area contributed by atoms with E-state index >= 15 is 4.39 Å². The summed E-state index contributed by atoms with van der Waals surface area (Å²) in [6.07, 6.45) is -3.37. The van der Waals surface area contributed by atoms with Gasteiger partial charge in [0.15, 0.2) is 29.6 Å². The minimum Gasteiger partial charge on any atom is -0.505 e. The minimum atomic E-state index is -2.27. The quantitative estimate of drug-likeness (QED) is 0.141. The van der Waals surface area contributed by atoms with E-state index in [1.807, 2.05) is 11.8 Å². The standard InChI is InChI=1S/C28H30F2N6O3.C4H6O6/c1-3-16-10-24(37)19(29)11-18(16)17-8-20(30)26-22(9-17)33-34-27(26)28-31-21-4-5-36(12-23(21)32-28)25(38)13-35-6-7-39-14-15(35)2;5-1(3(7)8)2(6)4(9)10/h8-11,15,37H,3-7,12-14H2,1-2H3,(H,31,32)(H,33,34);1-2,5-6H,(H,7,8)(H,9,10). The molecule has 1 saturated heterocycles. The number of hydrogen-bond donors (Lipinski definition) is 7. The number of imidazole rings is 1. The number of aliphatic hydroxyl groups excluding tert-OH is 2. The second-order valence-corrected chi connectivity index (χ2v) is 11.8. The molecule has 1 fully saturated rings. The average molecular weight is 687 g/mol. The highest BCUT2D eigenvalue weighted by Gasteiger charge is 2.30. The van der Waals surface area contributed by atoms with E-state index in [2.05, 4.69) is 27.0 Å². The number of nitrogens with zero attached hydrogens (tertiary/aromatic N) is 4. The molecule has 0 spiro atoms. The van der Waals surface area contributed by atoms with Gasteiger partial charge in [0.25, 0.3) is 0 Å². The molecule has 6 rings (SSSR count). The molecule has 7 N–H and O–H groups in total. The lowest BCUT2D eigenvalue weighted by Gasteiger charge is -2.35. The number of benzene rings is 2. The van der Waals surface area contributed by atoms with Crippen molar-refractivity contribution in [2.45, 2.75) is 51.5 Å². The van der Waals surface area contributed by atoms with Crippen LogP contribution in [0.5, 0.6) is 5.75 Å². The van der Waals surface area contributed by atoms with Gasteiger partial charge in [0, 0.05) is 31.2 Å². The Labute approximate surface area is 277 Å². The number of H-pyrrole nitrogens is 2. The fourth-order valence-electron chi connectivity index (χ4n) is 5.76. The zero-order chi connectivity index (χ0) is 35.6. The zero-order valence-corrected chi connectivity index (χ0v) is 26.6. The molecule has 1 amide bonds. The number of rotatable bonds is 8. The number of fused-ring (bicyclic) bond motifs is 2. The van der Waals surface area contributed by atoms with Gasteiger partial charge >= 0.3 is 11.9 Å². The number of nitrogens with one attached hydrogen (secondary N) is 2. The summed E-state index contributed by atoms with van der Waals surface area (Å²) in [7, 11) is 0. The molecule has 3 atom stereocenters. The van der Waals surface area contributed by atoms with Crippen molar-refractivity contribution in [2.24, 2.45) is 0 Å². The highest BCUT2D eigenvalue weighted by atomic mass is 19.1. The number of carboxylic acid groups (broad SMARTS) is 2. The van der Waals surface area contributed by atoms with Gasteiger partial charge in [0.2, 0.25) is 5.91 Å². The van der Waals surface area contributed by atoms with Crippen LogP contribution in [0.25, 0.3) is 33.5 Å². The van der Waals surface area contributed by atoms with Gasteiger partial charge in [-0.1, -0.05) is 6.92 Å². The average Bonchev–Trinajstić information content (AvgIpc) is 3.70. The number of phenolic OH excluding ortho intramolecular Hbond substituents is 1. The molecule has 2 aliphatic heterocycles. The number of aliphatic hydroxyl groups is 2. The Morgan fingerprint density at radius 1 is 1.06 bits per heavy atom. The number of carbonyl (C=O) groups is 3. The summed E-state index contributed by atoms with van der Waals surface area (Å²) in [6.45, 7) is 7.24. The van der Waals surface area contributed by atoms with Crippen LogP contribution in [0.1, 0.15) is 30.8 Å². The number of morpholine rings is 1. The van der Waals surface area contributed by atoms with E-state index in [9.17, 15) is 23.9 Å². The lowest BCUT2D eigenvalue weighted by molar-refractivity contribution is -0.165. The Balaban J connectivity index is 0.000000409. The third-order valence-electron chi connectivity index (χ3n) is 8.54. The van der Waals surface area contributed by atoms with E-state index < -0.39 is 41.5 Å². The van der Waals surface area contributed by atoms with Crippen LogP contribution in [0.3, 0.4) is 0 Å². The first kappa shape index (κ1) is 35.3. The van der Waals surface area contributed by atoms with Crippen LogP contribution in [0.4, 0.5) is 8.78 Å². The van der Waals surface area contributed by atoms with Crippen LogP contribution in [0, 0.1) is 11.6 Å². The maximum atomic E-state index is 15.5. The number of amides is 1. The molecule has 2 aliphatic rings. The van der Waals surface area contributed by atoms with Crippen LogP contribution in [0.2, 0.25) is 0 Å². The zero-order valence-electron chi connectivity index (χ0n) is 26.6. The largest absolute Gasteiger partial charge is 0.505 e. The third kappa shape index (κ3) is 7.54. The topological polar surface area (TPSA) is 225 Å². The van der Waals surface area contributed by atoms with Crippen molar-refractivity contribution in [3.63, 3.8) is 0 Å². The molecule has 4 heterocycles. The summed E-state index contributed by atoms with van der Waals surface area (Å²) in [5.41, 5.74) is 4.14. The number of halogens is 2. The predicted octanol–water partition coefficient (Wildman–Crippen LogP) is 1.65. The third-order valence-corrected chi connectivity index (χ3v) is 8.54. The molecule has 262 valence electrons. The SMILES string of the molecule is CCc1cc(O)c(F)cc1-c1cc(F)c2c(-c3nc4c([nH]3)CCN(C(=O)CN3CCOCC3C)C4)n[nH]c2c1.O=C(O)C(O)C(O)C(=O)O. The lowest BCUT2D eigenvalue weighted by atomic mass is 9.96. The predicted molar refractivity (Wildman–Crippen MR) is 168 cm³/mol. The number of carboxylic acids is 2. The number of aliphatic carboxylic acids is 2. The van der Waals surface area contributed by atoms with E-state index in [-0.39, 0.29) is 17.3 Å². The molecular formula is C32H36F2N6O9. The number of ether oxygens (including phenoxy) is 1. The maximum Gasteiger partial charge on any atom is 0.335 e. The number of aryl methyl sites for hydroxylation is 1. The molecule has 15 nitrogen and oxygen atoms in total. The number of aromatic nitrogens is 4. The maximum absolute atomic E-state index is 15.5. The highest BCUT2D eigenvalue weighted by molar-refractivity contribution is 5.95. The number of carbonyl (C=O) groups excluding carboxylic acids is 1. The highest BCUT2D eigenvalue weighted by Crippen LogP contribution is 2.35. The van der Waals surface area contributed by atoms with E-state index in [0.29, 0.717) is 79.4 Å². The second-order valence-electron chi connectivity index (χ2n) is 11.8. The van der Waals surface area contributed by atoms with Crippen molar-refractivity contribution in [2.75, 3.05) is 32.8 Å². The lowest BCUT2D eigenvalue weighted by Crippen LogP contribution is -2.49. The van der Waals surface area contributed by atoms with Crippen LogP contribution in [-0.4, -0.2) is 124 Å². The van der Waals surface area contributed by atoms with Crippen LogP contribution in [-0.2, 0) is 38.5 Å². The molecule has 3 unspecified atom stereocenters. The first-order chi connectivity index (χ1) is 23.3. The van der Waals surface area contributed by atoms with Crippen molar-refractivity contribution >= 4 is 28.7 Å². The van der Waals surface area contributed by atoms with E-state index in [1.165, 1.54) is 18.2 Å². The van der Waals surface area contributed by atoms with Crippen molar-refractivity contribution in [3.05, 3.63) is 52.9 Å². The molecule has 0 radical (unpaired) electrons. The van der Waals surface area contributed by atoms with Gasteiger partial charge in [-0.2, -0.15) is 5.10 Å². The summed E-state index contributed by atoms with van der Waals surface area (Å²) >= 11 is 0. The summed E-state index contributed by atoms with van der Waals surface area (Å²) in [4.78, 5) is 44.5. The summed E-state index contributed by atoms with van der Waals surface area (Å²) in [6, 6.07) is 5.86. The van der Waals surface area contributed by atoms with Crippen molar-refractivity contribution in [1.29, 1.82) is 0 Å². The van der Waals surface area contributed by atoms with Gasteiger partial charge in [-0.05, 0) is 54.3 Å². The van der Waals surface area contributed by atoms with Gasteiger partial charge in [0.05, 0.1) is 42.9 Å². The molecule has 2 aromatic carbocycles. The smallest absolute Gasteiger partial charge is 0.335 e. The van der Waals surface area contributed by atoms with E-state index in [0.717, 1.165) is 17.9 Å². The van der Waals surface area contributed by atoms with Gasteiger partial charge in [-0.3, -0.25) is 14.8 Å². The van der Waals surface area contributed by atoms with Crippen LogP contribution >= 0.6 is 0 Å². The second kappa shape index (κ2) is 14.7. The molecule has 0 bridgehead atoms. The summed E-state index contributed by atoms with van der Waals surface area (Å²) in [5.74, 6) is -4.77. The molecule has 0 aliphatic carbocycles. The summed E-state index contributed by atoms with van der Waals surface area (Å²) < 4.78 is 35.1. The van der Waals surface area contributed by atoms with Crippen molar-refractivity contribution < 1.29 is 53.4 Å². The fraction of sp³-hybridized carbons (Fsp3) is 0.406. The molecule has 0 saturated carbocycles. The van der Waals surface area contributed by atoms with Gasteiger partial charge in [-0.25, -0.2) is 23.4 Å². The van der Waals surface area contributed by atoms with Gasteiger partial charge in [0.1, 0.15) is 11.5 Å². The first-order valence-electron chi connectivity index (χ1n) is 15.5. The van der Waals surface area contributed by atoms with Crippen LogP contribution < -0.4 is 0 Å². The molecule has 49 heavy (non-hydrogen) atoms. The van der Waals surface area contributed by atoms with Crippen LogP contribution in [0.15, 0.2) is 24.3 Å². The monoisotopic (exact) mass is 686 g/mol. The van der Waals surface area contributed by atoms with Crippen molar-refractivity contribution in [1.82, 2.24) is 30.0 Å². The molecule has 17 heteroatoms. The Kier molecular flexibility index (Phi) is 10.6. The Hall–Kier alpha value is -4.97. The number of phenols is 1. The fourth-order valence-corrected chi connectivity index (χ4v) is 5.76. The Bertz CT molecular complexity index is 1860. The van der Waals surface area contributed by atoms with Crippen molar-refractivity contribution in [3.8, 4) is 28.4 Å². The number of aromatic hydroxyl groups is 1. The van der Waals surface area contributed by atoms with Gasteiger partial charge < -0.3 is 40.2 Å². The minimum absolute atomic E-state index is 0.0554. The Morgan fingerprint density at radius 2 is 1.78 bits per heavy atom. The first-order valence-corrected chi connectivity index (χ1v) is 15.5. The number of hydrogen-bond acceptors (Lipinski definition) is 10. The number of aromatic amines is 2. The Morgan fingerprint density at radius 3 is 2.43 bits per heavy atom. The van der Waals surface area contributed by atoms with Gasteiger partial charge in [-0.15, -0.1) is 0 Å². The normalized spacial score (nSPS) is 17.6. The molecule has 2 aromatic heterocycles. The molecule has 4 aromatic rings. The molecular weight excluding hydrogens is 650 g/mol.